The van der Waals surface area contributed by atoms with Crippen molar-refractivity contribution >= 4 is 28.6 Å². The van der Waals surface area contributed by atoms with Crippen molar-refractivity contribution < 1.29 is 0 Å². The van der Waals surface area contributed by atoms with E-state index in [4.69, 9.17) is 11.6 Å². The SMILES string of the molecule is CC(C)Nc1nc2ccc(Cl)cc2[nH]1. The standard InChI is InChI=1S/C10H12ClN3/c1-6(2)12-10-13-8-4-3-7(11)5-9(8)14-10/h3-6H,1-2H3,(H2,12,13,14). The Morgan fingerprint density at radius 2 is 2.21 bits per heavy atom. The molecule has 0 atom stereocenters. The van der Waals surface area contributed by atoms with Gasteiger partial charge in [-0.05, 0) is 32.0 Å². The fourth-order valence-corrected chi connectivity index (χ4v) is 1.50. The van der Waals surface area contributed by atoms with Crippen molar-refractivity contribution in [2.24, 2.45) is 0 Å². The third-order valence-corrected chi connectivity index (χ3v) is 2.10. The molecule has 1 aromatic carbocycles. The van der Waals surface area contributed by atoms with E-state index < -0.39 is 0 Å². The number of nitrogens with one attached hydrogen (secondary N) is 2. The zero-order valence-electron chi connectivity index (χ0n) is 8.13. The molecule has 1 heterocycles. The van der Waals surface area contributed by atoms with Gasteiger partial charge in [-0.25, -0.2) is 4.98 Å². The van der Waals surface area contributed by atoms with Crippen LogP contribution in [0.5, 0.6) is 0 Å². The molecule has 0 fully saturated rings. The highest BCUT2D eigenvalue weighted by atomic mass is 35.5. The van der Waals surface area contributed by atoms with Gasteiger partial charge in [0.15, 0.2) is 0 Å². The second kappa shape index (κ2) is 3.50. The average Bonchev–Trinajstić information content (AvgIpc) is 2.44. The Kier molecular flexibility index (Phi) is 2.33. The highest BCUT2D eigenvalue weighted by Crippen LogP contribution is 2.19. The van der Waals surface area contributed by atoms with Crippen molar-refractivity contribution in [1.29, 1.82) is 0 Å². The number of fused-ring (bicyclic) bond motifs is 1. The smallest absolute Gasteiger partial charge is 0.201 e. The van der Waals surface area contributed by atoms with Crippen molar-refractivity contribution in [2.75, 3.05) is 5.32 Å². The minimum absolute atomic E-state index is 0.367. The van der Waals surface area contributed by atoms with Gasteiger partial charge in [0.1, 0.15) is 0 Å². The van der Waals surface area contributed by atoms with E-state index in [1.165, 1.54) is 0 Å². The monoisotopic (exact) mass is 209 g/mol. The molecule has 0 spiro atoms. The van der Waals surface area contributed by atoms with Crippen molar-refractivity contribution in [3.63, 3.8) is 0 Å². The Bertz CT molecular complexity index is 448. The molecular weight excluding hydrogens is 198 g/mol. The maximum absolute atomic E-state index is 5.87. The number of aromatic nitrogens is 2. The molecule has 0 radical (unpaired) electrons. The third-order valence-electron chi connectivity index (χ3n) is 1.87. The molecule has 3 nitrogen and oxygen atoms in total. The van der Waals surface area contributed by atoms with E-state index in [0.717, 1.165) is 22.0 Å². The van der Waals surface area contributed by atoms with Gasteiger partial charge >= 0.3 is 0 Å². The average molecular weight is 210 g/mol. The molecule has 74 valence electrons. The first-order chi connectivity index (χ1) is 6.65. The Balaban J connectivity index is 2.41. The summed E-state index contributed by atoms with van der Waals surface area (Å²) in [5, 5.41) is 3.92. The van der Waals surface area contributed by atoms with Crippen LogP contribution in [0.15, 0.2) is 18.2 Å². The Labute approximate surface area is 87.5 Å². The summed E-state index contributed by atoms with van der Waals surface area (Å²) in [4.78, 5) is 7.53. The fraction of sp³-hybridized carbons (Fsp3) is 0.300. The van der Waals surface area contributed by atoms with Crippen LogP contribution in [-0.2, 0) is 0 Å². The molecule has 1 aromatic heterocycles. The molecule has 0 unspecified atom stereocenters. The predicted molar refractivity (Wildman–Crippen MR) is 59.9 cm³/mol. The Morgan fingerprint density at radius 3 is 2.93 bits per heavy atom. The van der Waals surface area contributed by atoms with Gasteiger partial charge < -0.3 is 10.3 Å². The molecule has 0 aliphatic heterocycles. The summed E-state index contributed by atoms with van der Waals surface area (Å²) in [6.45, 7) is 4.14. The minimum atomic E-state index is 0.367. The second-order valence-electron chi connectivity index (χ2n) is 3.55. The lowest BCUT2D eigenvalue weighted by molar-refractivity contribution is 0.883. The first-order valence-electron chi connectivity index (χ1n) is 4.57. The van der Waals surface area contributed by atoms with Crippen LogP contribution in [0.25, 0.3) is 11.0 Å². The second-order valence-corrected chi connectivity index (χ2v) is 3.98. The first-order valence-corrected chi connectivity index (χ1v) is 4.95. The number of halogens is 1. The molecule has 2 rings (SSSR count). The number of hydrogen-bond donors (Lipinski definition) is 2. The molecule has 0 saturated carbocycles. The largest absolute Gasteiger partial charge is 0.354 e. The van der Waals surface area contributed by atoms with Gasteiger partial charge in [-0.3, -0.25) is 0 Å². The van der Waals surface area contributed by atoms with Crippen molar-refractivity contribution in [1.82, 2.24) is 9.97 Å². The summed E-state index contributed by atoms with van der Waals surface area (Å²) in [6.07, 6.45) is 0. The summed E-state index contributed by atoms with van der Waals surface area (Å²) in [7, 11) is 0. The predicted octanol–water partition coefficient (Wildman–Crippen LogP) is 3.04. The molecule has 4 heteroatoms. The van der Waals surface area contributed by atoms with Gasteiger partial charge in [0.2, 0.25) is 5.95 Å². The molecule has 0 amide bonds. The van der Waals surface area contributed by atoms with E-state index >= 15 is 0 Å². The van der Waals surface area contributed by atoms with Crippen molar-refractivity contribution in [3.05, 3.63) is 23.2 Å². The zero-order chi connectivity index (χ0) is 10.1. The first kappa shape index (κ1) is 9.34. The zero-order valence-corrected chi connectivity index (χ0v) is 8.89. The number of anilines is 1. The van der Waals surface area contributed by atoms with Crippen LogP contribution in [0.1, 0.15) is 13.8 Å². The van der Waals surface area contributed by atoms with Gasteiger partial charge in [0.25, 0.3) is 0 Å². The topological polar surface area (TPSA) is 40.7 Å². The highest BCUT2D eigenvalue weighted by Gasteiger charge is 2.03. The van der Waals surface area contributed by atoms with Gasteiger partial charge in [0, 0.05) is 11.1 Å². The fourth-order valence-electron chi connectivity index (χ4n) is 1.32. The normalized spacial score (nSPS) is 11.1. The van der Waals surface area contributed by atoms with E-state index in [0.29, 0.717) is 6.04 Å². The number of aromatic amines is 1. The number of imidazole rings is 1. The molecule has 0 aliphatic rings. The minimum Gasteiger partial charge on any atom is -0.354 e. The van der Waals surface area contributed by atoms with Crippen LogP contribution < -0.4 is 5.32 Å². The molecule has 14 heavy (non-hydrogen) atoms. The number of benzene rings is 1. The van der Waals surface area contributed by atoms with Crippen LogP contribution in [0.4, 0.5) is 5.95 Å². The number of rotatable bonds is 2. The maximum Gasteiger partial charge on any atom is 0.201 e. The lowest BCUT2D eigenvalue weighted by Gasteiger charge is -2.04. The third kappa shape index (κ3) is 1.82. The van der Waals surface area contributed by atoms with Gasteiger partial charge in [0.05, 0.1) is 11.0 Å². The number of nitrogens with zero attached hydrogens (tertiary/aromatic N) is 1. The van der Waals surface area contributed by atoms with Crippen molar-refractivity contribution in [3.8, 4) is 0 Å². The van der Waals surface area contributed by atoms with Gasteiger partial charge in [-0.2, -0.15) is 0 Å². The van der Waals surface area contributed by atoms with Crippen LogP contribution >= 0.6 is 11.6 Å². The van der Waals surface area contributed by atoms with Crippen LogP contribution in [0, 0.1) is 0 Å². The van der Waals surface area contributed by atoms with Gasteiger partial charge in [-0.1, -0.05) is 11.6 Å². The molecule has 0 saturated heterocycles. The summed E-state index contributed by atoms with van der Waals surface area (Å²) in [5.74, 6) is 0.789. The molecule has 0 bridgehead atoms. The van der Waals surface area contributed by atoms with E-state index in [1.54, 1.807) is 0 Å². The summed E-state index contributed by atoms with van der Waals surface area (Å²) < 4.78 is 0. The number of hydrogen-bond acceptors (Lipinski definition) is 2. The lowest BCUT2D eigenvalue weighted by atomic mass is 10.3. The highest BCUT2D eigenvalue weighted by molar-refractivity contribution is 6.31. The van der Waals surface area contributed by atoms with Crippen LogP contribution in [-0.4, -0.2) is 16.0 Å². The van der Waals surface area contributed by atoms with E-state index in [2.05, 4.69) is 29.1 Å². The summed E-state index contributed by atoms with van der Waals surface area (Å²) in [5.41, 5.74) is 1.89. The quantitative estimate of drug-likeness (QED) is 0.798. The molecule has 0 aliphatic carbocycles. The van der Waals surface area contributed by atoms with E-state index in [9.17, 15) is 0 Å². The Hall–Kier alpha value is -1.22. The van der Waals surface area contributed by atoms with E-state index in [-0.39, 0.29) is 0 Å². The lowest BCUT2D eigenvalue weighted by Crippen LogP contribution is -2.10. The molecule has 2 aromatic rings. The van der Waals surface area contributed by atoms with Crippen LogP contribution in [0.3, 0.4) is 0 Å². The van der Waals surface area contributed by atoms with Crippen molar-refractivity contribution in [2.45, 2.75) is 19.9 Å². The molecule has 2 N–H and O–H groups in total. The van der Waals surface area contributed by atoms with Crippen LogP contribution in [0.2, 0.25) is 5.02 Å². The Morgan fingerprint density at radius 1 is 1.43 bits per heavy atom. The number of H-pyrrole nitrogens is 1. The van der Waals surface area contributed by atoms with E-state index in [1.807, 2.05) is 18.2 Å². The molecular formula is C10H12ClN3. The van der Waals surface area contributed by atoms with Gasteiger partial charge in [-0.15, -0.1) is 0 Å². The summed E-state index contributed by atoms with van der Waals surface area (Å²) >= 11 is 5.87. The maximum atomic E-state index is 5.87. The summed E-state index contributed by atoms with van der Waals surface area (Å²) in [6, 6.07) is 5.98.